The third kappa shape index (κ3) is 15.3. The Kier molecular flexibility index (Phi) is 15.2. The molecule has 0 heterocycles. The summed E-state index contributed by atoms with van der Waals surface area (Å²) in [4.78, 5) is -2.20. The SMILES string of the molecule is CC(C)=CCCC(C)=CCCC(C)=CCCC(C)=CCCC(C)(O)S(=O)(=O)[O-].[NH4+]. The van der Waals surface area contributed by atoms with E-state index in [0.29, 0.717) is 6.42 Å². The summed E-state index contributed by atoms with van der Waals surface area (Å²) in [5, 5.41) is 9.66. The molecule has 0 fully saturated rings. The van der Waals surface area contributed by atoms with Crippen LogP contribution < -0.4 is 6.15 Å². The summed E-state index contributed by atoms with van der Waals surface area (Å²) in [6.07, 6.45) is 15.3. The van der Waals surface area contributed by atoms with Gasteiger partial charge in [-0.15, -0.1) is 0 Å². The van der Waals surface area contributed by atoms with Crippen molar-refractivity contribution < 1.29 is 18.1 Å². The number of aliphatic hydroxyl groups is 1. The summed E-state index contributed by atoms with van der Waals surface area (Å²) >= 11 is 0. The molecule has 0 aliphatic heterocycles. The van der Waals surface area contributed by atoms with Crippen molar-refractivity contribution in [3.05, 3.63) is 46.6 Å². The summed E-state index contributed by atoms with van der Waals surface area (Å²) < 4.78 is 32.8. The van der Waals surface area contributed by atoms with Crippen LogP contribution in [0.25, 0.3) is 0 Å². The first-order chi connectivity index (χ1) is 12.8. The Bertz CT molecular complexity index is 694. The van der Waals surface area contributed by atoms with Crippen LogP contribution in [0, 0.1) is 0 Å². The Hall–Kier alpha value is -1.21. The van der Waals surface area contributed by atoms with Crippen LogP contribution >= 0.6 is 0 Å². The summed E-state index contributed by atoms with van der Waals surface area (Å²) in [5.41, 5.74) is 5.33. The van der Waals surface area contributed by atoms with Crippen molar-refractivity contribution in [2.24, 2.45) is 0 Å². The topological polar surface area (TPSA) is 114 Å². The van der Waals surface area contributed by atoms with Crippen molar-refractivity contribution in [3.8, 4) is 0 Å². The Morgan fingerprint density at radius 2 is 1.14 bits per heavy atom. The van der Waals surface area contributed by atoms with Gasteiger partial charge in [0.25, 0.3) is 0 Å². The van der Waals surface area contributed by atoms with Crippen molar-refractivity contribution >= 4 is 10.1 Å². The van der Waals surface area contributed by atoms with E-state index in [-0.39, 0.29) is 12.6 Å². The summed E-state index contributed by atoms with van der Waals surface area (Å²) in [7, 11) is -4.69. The fourth-order valence-corrected chi connectivity index (χ4v) is 3.07. The molecular weight excluding hydrogens is 386 g/mol. The van der Waals surface area contributed by atoms with Gasteiger partial charge in [-0.1, -0.05) is 46.6 Å². The molecule has 5 nitrogen and oxygen atoms in total. The van der Waals surface area contributed by atoms with Gasteiger partial charge >= 0.3 is 0 Å². The lowest BCUT2D eigenvalue weighted by molar-refractivity contribution is 0.122. The second-order valence-corrected chi connectivity index (χ2v) is 10.0. The van der Waals surface area contributed by atoms with E-state index in [9.17, 15) is 18.1 Å². The van der Waals surface area contributed by atoms with E-state index in [1.54, 1.807) is 0 Å². The number of quaternary nitrogens is 1. The van der Waals surface area contributed by atoms with Crippen molar-refractivity contribution in [1.82, 2.24) is 6.15 Å². The van der Waals surface area contributed by atoms with Gasteiger partial charge in [0.05, 0.1) is 0 Å². The molecule has 5 N–H and O–H groups in total. The van der Waals surface area contributed by atoms with Gasteiger partial charge < -0.3 is 15.8 Å². The Labute approximate surface area is 179 Å². The molecule has 0 saturated heterocycles. The average Bonchev–Trinajstić information content (AvgIpc) is 2.53. The average molecular weight is 430 g/mol. The predicted octanol–water partition coefficient (Wildman–Crippen LogP) is 6.54. The summed E-state index contributed by atoms with van der Waals surface area (Å²) in [5.74, 6) is 0. The highest BCUT2D eigenvalue weighted by atomic mass is 32.2. The zero-order chi connectivity index (χ0) is 21.8. The maximum Gasteiger partial charge on any atom is 0.151 e. The van der Waals surface area contributed by atoms with Crippen molar-refractivity contribution in [2.75, 3.05) is 0 Å². The molecule has 0 amide bonds. The fraction of sp³-hybridized carbons (Fsp3) is 0.652. The molecule has 0 aromatic heterocycles. The van der Waals surface area contributed by atoms with Gasteiger partial charge in [0.15, 0.2) is 4.93 Å². The van der Waals surface area contributed by atoms with Crippen LogP contribution in [0.3, 0.4) is 0 Å². The molecule has 0 aromatic carbocycles. The van der Waals surface area contributed by atoms with Crippen LogP contribution in [-0.4, -0.2) is 23.0 Å². The molecule has 1 atom stereocenters. The molecule has 6 heteroatoms. The highest BCUT2D eigenvalue weighted by Crippen LogP contribution is 2.20. The van der Waals surface area contributed by atoms with E-state index >= 15 is 0 Å². The lowest BCUT2D eigenvalue weighted by atomic mass is 10.0. The smallest absolute Gasteiger partial charge is 0.151 e. The van der Waals surface area contributed by atoms with Crippen LogP contribution in [0.2, 0.25) is 0 Å². The second kappa shape index (κ2) is 14.7. The molecule has 170 valence electrons. The van der Waals surface area contributed by atoms with Gasteiger partial charge in [-0.25, -0.2) is 8.42 Å². The maximum atomic E-state index is 10.9. The first-order valence-corrected chi connectivity index (χ1v) is 11.5. The third-order valence-corrected chi connectivity index (χ3v) is 6.08. The van der Waals surface area contributed by atoms with Crippen molar-refractivity contribution in [2.45, 2.75) is 97.8 Å². The quantitative estimate of drug-likeness (QED) is 0.255. The fourth-order valence-electron chi connectivity index (χ4n) is 2.70. The minimum atomic E-state index is -4.69. The van der Waals surface area contributed by atoms with Crippen LogP contribution in [0.1, 0.15) is 92.9 Å². The molecule has 0 rings (SSSR count). The Balaban J connectivity index is 0. The molecule has 1 unspecified atom stereocenters. The molecule has 0 aromatic rings. The number of allylic oxidation sites excluding steroid dienone is 8. The monoisotopic (exact) mass is 429 g/mol. The van der Waals surface area contributed by atoms with Crippen molar-refractivity contribution in [1.29, 1.82) is 0 Å². The van der Waals surface area contributed by atoms with E-state index in [0.717, 1.165) is 51.0 Å². The van der Waals surface area contributed by atoms with E-state index in [1.165, 1.54) is 16.7 Å². The molecular formula is C23H43NO4S. The van der Waals surface area contributed by atoms with Crippen LogP contribution in [0.4, 0.5) is 0 Å². The van der Waals surface area contributed by atoms with Gasteiger partial charge in [0.2, 0.25) is 0 Å². The molecule has 0 aliphatic carbocycles. The zero-order valence-corrected chi connectivity index (χ0v) is 20.4. The van der Waals surface area contributed by atoms with E-state index in [2.05, 4.69) is 45.9 Å². The molecule has 29 heavy (non-hydrogen) atoms. The summed E-state index contributed by atoms with van der Waals surface area (Å²) in [6, 6.07) is 0. The Morgan fingerprint density at radius 1 is 0.793 bits per heavy atom. The molecule has 0 bridgehead atoms. The maximum absolute atomic E-state index is 10.9. The van der Waals surface area contributed by atoms with E-state index in [1.807, 2.05) is 13.0 Å². The normalized spacial score (nSPS) is 15.5. The lowest BCUT2D eigenvalue weighted by Crippen LogP contribution is -2.34. The van der Waals surface area contributed by atoms with Gasteiger partial charge in [0, 0.05) is 0 Å². The van der Waals surface area contributed by atoms with Gasteiger partial charge in [-0.3, -0.25) is 0 Å². The zero-order valence-electron chi connectivity index (χ0n) is 19.5. The minimum absolute atomic E-state index is 0. The van der Waals surface area contributed by atoms with Crippen molar-refractivity contribution in [3.63, 3.8) is 0 Å². The van der Waals surface area contributed by atoms with Crippen LogP contribution in [0.15, 0.2) is 46.6 Å². The molecule has 0 spiro atoms. The summed E-state index contributed by atoms with van der Waals surface area (Å²) in [6.45, 7) is 11.7. The highest BCUT2D eigenvalue weighted by molar-refractivity contribution is 7.86. The third-order valence-electron chi connectivity index (χ3n) is 4.79. The largest absolute Gasteiger partial charge is 0.746 e. The number of rotatable bonds is 13. The van der Waals surface area contributed by atoms with Crippen LogP contribution in [0.5, 0.6) is 0 Å². The van der Waals surface area contributed by atoms with E-state index < -0.39 is 15.1 Å². The van der Waals surface area contributed by atoms with E-state index in [4.69, 9.17) is 0 Å². The second-order valence-electron chi connectivity index (χ2n) is 8.22. The van der Waals surface area contributed by atoms with Crippen LogP contribution in [-0.2, 0) is 10.1 Å². The first-order valence-electron chi connectivity index (χ1n) is 10.1. The Morgan fingerprint density at radius 3 is 1.48 bits per heavy atom. The van der Waals surface area contributed by atoms with Gasteiger partial charge in [0.1, 0.15) is 10.1 Å². The van der Waals surface area contributed by atoms with Gasteiger partial charge in [-0.2, -0.15) is 0 Å². The number of hydrogen-bond acceptors (Lipinski definition) is 4. The standard InChI is InChI=1S/C23H40O4S.H3N/c1-19(2)11-7-12-20(3)13-8-14-21(4)15-9-16-22(5)17-10-18-23(6,24)28(25,26)27;/h11,13,15,17,24H,7-10,12,14,16,18H2,1-6H3,(H,25,26,27);1H3. The number of hydrogen-bond donors (Lipinski definition) is 2. The predicted molar refractivity (Wildman–Crippen MR) is 124 cm³/mol. The highest BCUT2D eigenvalue weighted by Gasteiger charge is 2.27. The lowest BCUT2D eigenvalue weighted by Gasteiger charge is -2.25. The molecule has 0 saturated carbocycles. The molecule has 0 radical (unpaired) electrons. The first kappa shape index (κ1) is 30.0. The molecule has 0 aliphatic rings. The van der Waals surface area contributed by atoms with Gasteiger partial charge in [-0.05, 0) is 92.9 Å². The minimum Gasteiger partial charge on any atom is -0.746 e.